The topological polar surface area (TPSA) is 72.9 Å². The zero-order chi connectivity index (χ0) is 22.5. The molecule has 0 aromatic heterocycles. The average Bonchev–Trinajstić information content (AvgIpc) is 3.23. The number of piperidine rings is 1. The molecule has 1 heterocycles. The van der Waals surface area contributed by atoms with Gasteiger partial charge in [0.1, 0.15) is 6.29 Å². The lowest BCUT2D eigenvalue weighted by Crippen LogP contribution is -2.61. The number of hydrogen-bond donors (Lipinski definition) is 2. The van der Waals surface area contributed by atoms with Crippen LogP contribution in [0.4, 0.5) is 0 Å². The Labute approximate surface area is 185 Å². The van der Waals surface area contributed by atoms with Crippen LogP contribution in [0.25, 0.3) is 5.57 Å². The predicted octanol–water partition coefficient (Wildman–Crippen LogP) is 2.46. The third kappa shape index (κ3) is 4.91. The summed E-state index contributed by atoms with van der Waals surface area (Å²) < 4.78 is 0. The smallest absolute Gasteiger partial charge is 0.253 e. The van der Waals surface area contributed by atoms with E-state index in [0.29, 0.717) is 30.4 Å². The van der Waals surface area contributed by atoms with E-state index in [-0.39, 0.29) is 11.3 Å². The van der Waals surface area contributed by atoms with E-state index >= 15 is 0 Å². The highest BCUT2D eigenvalue weighted by Crippen LogP contribution is 2.51. The summed E-state index contributed by atoms with van der Waals surface area (Å²) in [6.07, 6.45) is 8.98. The Bertz CT molecular complexity index is 843. The number of rotatable bonds is 7. The summed E-state index contributed by atoms with van der Waals surface area (Å²) in [6, 6.07) is 9.41. The van der Waals surface area contributed by atoms with Crippen molar-refractivity contribution in [1.29, 1.82) is 0 Å². The van der Waals surface area contributed by atoms with E-state index in [1.54, 1.807) is 13.2 Å². The summed E-state index contributed by atoms with van der Waals surface area (Å²) in [5, 5.41) is 14.5. The molecule has 0 bridgehead atoms. The molecule has 1 saturated heterocycles. The summed E-state index contributed by atoms with van der Waals surface area (Å²) >= 11 is 0. The highest BCUT2D eigenvalue weighted by atomic mass is 16.3. The Morgan fingerprint density at radius 3 is 2.52 bits per heavy atom. The Morgan fingerprint density at radius 2 is 1.90 bits per heavy atom. The van der Waals surface area contributed by atoms with Gasteiger partial charge < -0.3 is 20.2 Å². The lowest BCUT2D eigenvalue weighted by Gasteiger charge is -2.52. The molecule has 6 nitrogen and oxygen atoms in total. The molecule has 1 aromatic carbocycles. The molecule has 1 unspecified atom stereocenters. The maximum absolute atomic E-state index is 12.8. The van der Waals surface area contributed by atoms with Gasteiger partial charge in [-0.2, -0.15) is 0 Å². The van der Waals surface area contributed by atoms with Crippen LogP contribution in [0.1, 0.15) is 37.7 Å². The van der Waals surface area contributed by atoms with Crippen LogP contribution in [0.2, 0.25) is 0 Å². The number of allylic oxidation sites excluding steroid dienone is 1. The first-order valence-corrected chi connectivity index (χ1v) is 11.1. The van der Waals surface area contributed by atoms with Gasteiger partial charge in [0.15, 0.2) is 0 Å². The van der Waals surface area contributed by atoms with Crippen LogP contribution >= 0.6 is 0 Å². The summed E-state index contributed by atoms with van der Waals surface area (Å²) in [5.41, 5.74) is 0.850. The second-order valence-electron chi connectivity index (χ2n) is 9.13. The lowest BCUT2D eigenvalue weighted by atomic mass is 9.66. The minimum Gasteiger partial charge on any atom is -0.387 e. The van der Waals surface area contributed by atoms with Crippen LogP contribution < -0.4 is 5.32 Å². The monoisotopic (exact) mass is 425 g/mol. The number of nitrogens with zero attached hydrogens (tertiary/aromatic N) is 2. The van der Waals surface area contributed by atoms with Crippen LogP contribution in [-0.2, 0) is 9.59 Å². The van der Waals surface area contributed by atoms with Crippen molar-refractivity contribution in [3.63, 3.8) is 0 Å². The fourth-order valence-corrected chi connectivity index (χ4v) is 5.40. The number of likely N-dealkylation sites (tertiary alicyclic amines) is 1. The molecule has 1 atom stereocenters. The van der Waals surface area contributed by atoms with E-state index in [1.807, 2.05) is 42.3 Å². The minimum atomic E-state index is -0.809. The van der Waals surface area contributed by atoms with E-state index in [0.717, 1.165) is 44.3 Å². The number of likely N-dealkylation sites (N-methyl/N-ethyl adjacent to an activating group) is 2. The van der Waals surface area contributed by atoms with Crippen molar-refractivity contribution < 1.29 is 14.7 Å². The predicted molar refractivity (Wildman–Crippen MR) is 123 cm³/mol. The number of carbonyl (C=O) groups excluding carboxylic acids is 2. The first kappa shape index (κ1) is 23.2. The van der Waals surface area contributed by atoms with Crippen LogP contribution in [0.15, 0.2) is 48.2 Å². The molecule has 1 saturated carbocycles. The van der Waals surface area contributed by atoms with Crippen molar-refractivity contribution in [3.8, 4) is 0 Å². The highest BCUT2D eigenvalue weighted by molar-refractivity contribution is 6.10. The van der Waals surface area contributed by atoms with Crippen molar-refractivity contribution in [2.75, 3.05) is 40.8 Å². The fourth-order valence-electron chi connectivity index (χ4n) is 5.40. The third-order valence-corrected chi connectivity index (χ3v) is 6.97. The maximum atomic E-state index is 12.8. The zero-order valence-electron chi connectivity index (χ0n) is 18.9. The minimum absolute atomic E-state index is 0.101. The highest BCUT2D eigenvalue weighted by Gasteiger charge is 2.54. The van der Waals surface area contributed by atoms with Crippen LogP contribution in [-0.4, -0.2) is 73.5 Å². The average molecular weight is 426 g/mol. The molecule has 0 radical (unpaired) electrons. The Morgan fingerprint density at radius 1 is 1.23 bits per heavy atom. The molecule has 2 fully saturated rings. The molecule has 168 valence electrons. The van der Waals surface area contributed by atoms with Gasteiger partial charge >= 0.3 is 0 Å². The van der Waals surface area contributed by atoms with Crippen molar-refractivity contribution in [2.24, 2.45) is 5.41 Å². The van der Waals surface area contributed by atoms with Crippen LogP contribution in [0, 0.1) is 5.41 Å². The van der Waals surface area contributed by atoms with Crippen LogP contribution in [0.3, 0.4) is 0 Å². The molecule has 1 aliphatic heterocycles. The van der Waals surface area contributed by atoms with Gasteiger partial charge in [-0.3, -0.25) is 9.59 Å². The van der Waals surface area contributed by atoms with Gasteiger partial charge in [-0.05, 0) is 43.5 Å². The molecule has 31 heavy (non-hydrogen) atoms. The van der Waals surface area contributed by atoms with Gasteiger partial charge in [0.25, 0.3) is 5.91 Å². The summed E-state index contributed by atoms with van der Waals surface area (Å²) in [4.78, 5) is 28.4. The molecule has 2 N–H and O–H groups in total. The third-order valence-electron chi connectivity index (χ3n) is 6.97. The van der Waals surface area contributed by atoms with Crippen molar-refractivity contribution in [3.05, 3.63) is 53.7 Å². The van der Waals surface area contributed by atoms with Crippen molar-refractivity contribution in [1.82, 2.24) is 15.1 Å². The van der Waals surface area contributed by atoms with E-state index in [4.69, 9.17) is 0 Å². The van der Waals surface area contributed by atoms with Crippen LogP contribution in [0.5, 0.6) is 0 Å². The maximum Gasteiger partial charge on any atom is 0.253 e. The number of nitrogens with one attached hydrogen (secondary N) is 1. The van der Waals surface area contributed by atoms with Gasteiger partial charge in [0.2, 0.25) is 0 Å². The van der Waals surface area contributed by atoms with E-state index in [1.165, 1.54) is 6.08 Å². The normalized spacial score (nSPS) is 24.3. The molecule has 1 aromatic rings. The van der Waals surface area contributed by atoms with Gasteiger partial charge in [0.05, 0.1) is 11.2 Å². The summed E-state index contributed by atoms with van der Waals surface area (Å²) in [5.74, 6) is -0.269. The Balaban J connectivity index is 1.92. The Hall–Kier alpha value is -2.44. The second-order valence-corrected chi connectivity index (χ2v) is 9.13. The molecule has 2 aliphatic rings. The lowest BCUT2D eigenvalue weighted by molar-refractivity contribution is -0.136. The van der Waals surface area contributed by atoms with E-state index in [9.17, 15) is 14.7 Å². The number of amides is 1. The molecule has 3 rings (SSSR count). The number of hydrogen-bond acceptors (Lipinski definition) is 5. The van der Waals surface area contributed by atoms with Gasteiger partial charge in [-0.25, -0.2) is 0 Å². The van der Waals surface area contributed by atoms with Gasteiger partial charge in [-0.15, -0.1) is 0 Å². The zero-order valence-corrected chi connectivity index (χ0v) is 18.9. The summed E-state index contributed by atoms with van der Waals surface area (Å²) in [7, 11) is 5.60. The molecule has 1 spiro atoms. The molecular formula is C25H35N3O3. The second kappa shape index (κ2) is 9.79. The largest absolute Gasteiger partial charge is 0.387 e. The standard InChI is InChI=1S/C25H35N3O3/c1-26-23(30)22(21(11-16-29)20-9-5-4-6-10-20)17-28(3)19-25(31)14-15-27(2)18-24(25)12-7-8-13-24/h4-6,9-11,16-17,31H,7-8,12-15,18-19H2,1-3H3,(H,26,30)/b21-11-,22-17+. The van der Waals surface area contributed by atoms with Gasteiger partial charge in [-0.1, -0.05) is 43.2 Å². The Kier molecular flexibility index (Phi) is 7.34. The molecule has 6 heteroatoms. The van der Waals surface area contributed by atoms with Gasteiger partial charge in [0, 0.05) is 45.3 Å². The SMILES string of the molecule is CNC(=O)C(=C/N(C)CC1(O)CCN(C)CC12CCCC2)/C(=C\C=O)c1ccccc1. The van der Waals surface area contributed by atoms with Crippen molar-refractivity contribution >= 4 is 17.8 Å². The molecule has 1 aliphatic carbocycles. The number of carbonyl (C=O) groups is 2. The molecular weight excluding hydrogens is 390 g/mol. The summed E-state index contributed by atoms with van der Waals surface area (Å²) in [6.45, 7) is 2.21. The quantitative estimate of drug-likeness (QED) is 0.399. The number of aliphatic hydroxyl groups is 1. The number of aldehydes is 1. The number of benzene rings is 1. The van der Waals surface area contributed by atoms with E-state index in [2.05, 4.69) is 17.3 Å². The van der Waals surface area contributed by atoms with E-state index < -0.39 is 5.60 Å². The van der Waals surface area contributed by atoms with Crippen molar-refractivity contribution in [2.45, 2.75) is 37.7 Å². The molecule has 1 amide bonds. The fraction of sp³-hybridized carbons (Fsp3) is 0.520. The first-order valence-electron chi connectivity index (χ1n) is 11.1. The first-order chi connectivity index (χ1) is 14.8.